The number of anilines is 2. The largest absolute Gasteiger partial charge is 0.495 e. The van der Waals surface area contributed by atoms with Crippen LogP contribution >= 0.6 is 0 Å². The van der Waals surface area contributed by atoms with Crippen molar-refractivity contribution in [2.75, 3.05) is 17.7 Å². The normalized spacial score (nSPS) is 10.8. The maximum Gasteiger partial charge on any atom is 0.329 e. The summed E-state index contributed by atoms with van der Waals surface area (Å²) >= 11 is 0. The molecule has 0 saturated heterocycles. The molecule has 2 aromatic rings. The Balaban J connectivity index is 1.88. The van der Waals surface area contributed by atoms with Gasteiger partial charge in [-0.05, 0) is 31.2 Å². The van der Waals surface area contributed by atoms with Gasteiger partial charge in [0.1, 0.15) is 17.4 Å². The smallest absolute Gasteiger partial charge is 0.329 e. The van der Waals surface area contributed by atoms with E-state index in [0.717, 1.165) is 12.1 Å². The molecule has 0 aliphatic carbocycles. The van der Waals surface area contributed by atoms with Crippen molar-refractivity contribution in [2.45, 2.75) is 13.3 Å². The molecule has 0 aliphatic heterocycles. The van der Waals surface area contributed by atoms with Gasteiger partial charge in [0.2, 0.25) is 5.91 Å². The molecule has 0 fully saturated rings. The highest BCUT2D eigenvalue weighted by atomic mass is 19.1. The molecule has 0 heterocycles. The van der Waals surface area contributed by atoms with E-state index in [0.29, 0.717) is 17.5 Å². The van der Waals surface area contributed by atoms with Crippen molar-refractivity contribution in [3.63, 3.8) is 0 Å². The van der Waals surface area contributed by atoms with E-state index >= 15 is 0 Å². The second-order valence-corrected chi connectivity index (χ2v) is 5.79. The monoisotopic (exact) mass is 404 g/mol. The van der Waals surface area contributed by atoms with E-state index < -0.39 is 29.4 Å². The number of benzene rings is 2. The summed E-state index contributed by atoms with van der Waals surface area (Å²) in [6.07, 6.45) is -0.286. The van der Waals surface area contributed by atoms with Gasteiger partial charge in [0, 0.05) is 11.8 Å². The van der Waals surface area contributed by atoms with E-state index in [1.54, 1.807) is 24.3 Å². The van der Waals surface area contributed by atoms with Crippen LogP contribution in [0.2, 0.25) is 0 Å². The van der Waals surface area contributed by atoms with Crippen LogP contribution in [0.3, 0.4) is 0 Å². The number of hydrogen-bond acceptors (Lipinski definition) is 5. The molecule has 0 aliphatic rings. The SMILES string of the molecule is COc1ccccc1NC(=O)C(=O)NN=C(C)CC(=O)Nc1ccc(F)cc1F. The Morgan fingerprint density at radius 2 is 1.72 bits per heavy atom. The Morgan fingerprint density at radius 1 is 1.00 bits per heavy atom. The lowest BCUT2D eigenvalue weighted by molar-refractivity contribution is -0.136. The number of methoxy groups -OCH3 is 1. The third-order valence-corrected chi connectivity index (χ3v) is 3.53. The van der Waals surface area contributed by atoms with Gasteiger partial charge in [-0.2, -0.15) is 5.10 Å². The number of nitrogens with one attached hydrogen (secondary N) is 3. The summed E-state index contributed by atoms with van der Waals surface area (Å²) in [6, 6.07) is 9.23. The minimum Gasteiger partial charge on any atom is -0.495 e. The quantitative estimate of drug-likeness (QED) is 0.390. The zero-order valence-corrected chi connectivity index (χ0v) is 15.6. The molecule has 0 spiro atoms. The number of nitrogens with zero attached hydrogens (tertiary/aromatic N) is 1. The number of hydrazone groups is 1. The van der Waals surface area contributed by atoms with Gasteiger partial charge in [-0.3, -0.25) is 14.4 Å². The van der Waals surface area contributed by atoms with Crippen LogP contribution in [0, 0.1) is 11.6 Å². The molecular weight excluding hydrogens is 386 g/mol. The zero-order valence-electron chi connectivity index (χ0n) is 15.6. The lowest BCUT2D eigenvalue weighted by Crippen LogP contribution is -2.33. The Hall–Kier alpha value is -3.82. The summed E-state index contributed by atoms with van der Waals surface area (Å²) < 4.78 is 31.5. The number of para-hydroxylation sites is 2. The van der Waals surface area contributed by atoms with Gasteiger partial charge in [-0.1, -0.05) is 12.1 Å². The van der Waals surface area contributed by atoms with Crippen LogP contribution in [-0.4, -0.2) is 30.5 Å². The maximum atomic E-state index is 13.5. The van der Waals surface area contributed by atoms with E-state index in [2.05, 4.69) is 15.7 Å². The third-order valence-electron chi connectivity index (χ3n) is 3.53. The van der Waals surface area contributed by atoms with Crippen LogP contribution in [0.1, 0.15) is 13.3 Å². The van der Waals surface area contributed by atoms with E-state index in [1.165, 1.54) is 14.0 Å². The predicted molar refractivity (Wildman–Crippen MR) is 102 cm³/mol. The standard InChI is InChI=1S/C19H18F2N4O4/c1-11(9-17(26)22-14-8-7-12(20)10-13(14)21)24-25-19(28)18(27)23-15-5-3-4-6-16(15)29-2/h3-8,10H,9H2,1-2H3,(H,22,26)(H,23,27)(H,25,28). The highest BCUT2D eigenvalue weighted by Gasteiger charge is 2.16. The first kappa shape index (κ1) is 21.5. The summed E-state index contributed by atoms with van der Waals surface area (Å²) in [4.78, 5) is 35.7. The summed E-state index contributed by atoms with van der Waals surface area (Å²) in [5, 5.41) is 8.29. The molecule has 10 heteroatoms. The molecule has 0 radical (unpaired) electrons. The summed E-state index contributed by atoms with van der Waals surface area (Å²) in [5.41, 5.74) is 2.29. The van der Waals surface area contributed by atoms with Crippen LogP contribution < -0.4 is 20.8 Å². The molecule has 29 heavy (non-hydrogen) atoms. The van der Waals surface area contributed by atoms with Gasteiger partial charge in [0.05, 0.1) is 24.9 Å². The molecule has 0 atom stereocenters. The first-order chi connectivity index (χ1) is 13.8. The van der Waals surface area contributed by atoms with Crippen LogP contribution in [-0.2, 0) is 14.4 Å². The number of ether oxygens (including phenoxy) is 1. The fourth-order valence-electron chi connectivity index (χ4n) is 2.18. The lowest BCUT2D eigenvalue weighted by Gasteiger charge is -2.09. The fraction of sp³-hybridized carbons (Fsp3) is 0.158. The van der Waals surface area contributed by atoms with Crippen LogP contribution in [0.15, 0.2) is 47.6 Å². The van der Waals surface area contributed by atoms with Gasteiger partial charge in [-0.15, -0.1) is 0 Å². The number of carbonyl (C=O) groups is 3. The molecule has 2 rings (SSSR count). The van der Waals surface area contributed by atoms with Gasteiger partial charge in [0.15, 0.2) is 0 Å². The molecule has 0 aromatic heterocycles. The Kier molecular flexibility index (Phi) is 7.35. The van der Waals surface area contributed by atoms with Crippen molar-refractivity contribution in [2.24, 2.45) is 5.10 Å². The Morgan fingerprint density at radius 3 is 2.41 bits per heavy atom. The topological polar surface area (TPSA) is 109 Å². The number of rotatable bonds is 6. The zero-order chi connectivity index (χ0) is 21.4. The third kappa shape index (κ3) is 6.38. The molecule has 3 N–H and O–H groups in total. The first-order valence-electron chi connectivity index (χ1n) is 8.32. The molecule has 0 saturated carbocycles. The van der Waals surface area contributed by atoms with Crippen molar-refractivity contribution in [3.8, 4) is 5.75 Å². The predicted octanol–water partition coefficient (Wildman–Crippen LogP) is 2.43. The van der Waals surface area contributed by atoms with Crippen LogP contribution in [0.5, 0.6) is 5.75 Å². The van der Waals surface area contributed by atoms with Crippen LogP contribution in [0.4, 0.5) is 20.2 Å². The van der Waals surface area contributed by atoms with E-state index in [-0.39, 0.29) is 17.8 Å². The Bertz CT molecular complexity index is 963. The van der Waals surface area contributed by atoms with E-state index in [9.17, 15) is 23.2 Å². The highest BCUT2D eigenvalue weighted by Crippen LogP contribution is 2.22. The Labute approximate surface area is 164 Å². The number of carbonyl (C=O) groups excluding carboxylic acids is 3. The second-order valence-electron chi connectivity index (χ2n) is 5.79. The molecular formula is C19H18F2N4O4. The number of halogens is 2. The molecule has 2 aromatic carbocycles. The minimum atomic E-state index is -1.06. The molecule has 152 valence electrons. The summed E-state index contributed by atoms with van der Waals surface area (Å²) in [7, 11) is 1.42. The second kappa shape index (κ2) is 9.93. The van der Waals surface area contributed by atoms with Gasteiger partial charge in [-0.25, -0.2) is 14.2 Å². The molecule has 3 amide bonds. The first-order valence-corrected chi connectivity index (χ1v) is 8.32. The van der Waals surface area contributed by atoms with Crippen molar-refractivity contribution in [1.29, 1.82) is 0 Å². The molecule has 0 bridgehead atoms. The van der Waals surface area contributed by atoms with E-state index in [1.807, 2.05) is 5.43 Å². The minimum absolute atomic E-state index is 0.156. The van der Waals surface area contributed by atoms with Crippen LogP contribution in [0.25, 0.3) is 0 Å². The van der Waals surface area contributed by atoms with Gasteiger partial charge < -0.3 is 15.4 Å². The van der Waals surface area contributed by atoms with Gasteiger partial charge in [0.25, 0.3) is 0 Å². The summed E-state index contributed by atoms with van der Waals surface area (Å²) in [5.74, 6) is -3.99. The maximum absolute atomic E-state index is 13.5. The number of hydrogen-bond donors (Lipinski definition) is 3. The lowest BCUT2D eigenvalue weighted by atomic mass is 10.2. The van der Waals surface area contributed by atoms with E-state index in [4.69, 9.17) is 4.74 Å². The average molecular weight is 404 g/mol. The van der Waals surface area contributed by atoms with Crippen molar-refractivity contribution in [3.05, 3.63) is 54.1 Å². The molecule has 8 nitrogen and oxygen atoms in total. The van der Waals surface area contributed by atoms with Crippen molar-refractivity contribution < 1.29 is 27.9 Å². The highest BCUT2D eigenvalue weighted by molar-refractivity contribution is 6.39. The van der Waals surface area contributed by atoms with Crippen molar-refractivity contribution >= 4 is 34.8 Å². The molecule has 0 unspecified atom stereocenters. The fourth-order valence-corrected chi connectivity index (χ4v) is 2.18. The van der Waals surface area contributed by atoms with Crippen molar-refractivity contribution in [1.82, 2.24) is 5.43 Å². The average Bonchev–Trinajstić information content (AvgIpc) is 2.68. The number of amides is 3. The van der Waals surface area contributed by atoms with Gasteiger partial charge >= 0.3 is 11.8 Å². The summed E-state index contributed by atoms with van der Waals surface area (Å²) in [6.45, 7) is 1.43.